The highest BCUT2D eigenvalue weighted by atomic mass is 31.2. The number of aliphatic hydroxyl groups excluding tert-OH is 1. The van der Waals surface area contributed by atoms with Gasteiger partial charge in [0.05, 0.1) is 6.61 Å². The molecule has 0 saturated heterocycles. The minimum atomic E-state index is -4.61. The molecule has 0 rings (SSSR count). The molecule has 0 radical (unpaired) electrons. The molecular weight excluding hydrogens is 299 g/mol. The summed E-state index contributed by atoms with van der Waals surface area (Å²) >= 11 is 0. The van der Waals surface area contributed by atoms with Crippen molar-refractivity contribution in [1.29, 1.82) is 0 Å². The Morgan fingerprint density at radius 3 is 2.29 bits per heavy atom. The van der Waals surface area contributed by atoms with Crippen molar-refractivity contribution >= 4 is 13.8 Å². The van der Waals surface area contributed by atoms with Crippen LogP contribution in [-0.4, -0.2) is 40.2 Å². The van der Waals surface area contributed by atoms with E-state index in [1.54, 1.807) is 0 Å². The molecule has 0 bridgehead atoms. The van der Waals surface area contributed by atoms with Crippen molar-refractivity contribution in [2.45, 2.75) is 59.0 Å². The molecule has 0 aliphatic carbocycles. The minimum absolute atomic E-state index is 0.274. The summed E-state index contributed by atoms with van der Waals surface area (Å²) in [6.45, 7) is 5.59. The summed E-state index contributed by atoms with van der Waals surface area (Å²) in [4.78, 5) is 28.3. The second-order valence-electron chi connectivity index (χ2n) is 6.24. The standard InChI is InChI=1S/C13H27O7P/c1-13(2,3)8-6-4-5-7-12(15)19-9-11(14)10-20-21(16,17)18/h11,14H,4-10H2,1-3H3,(H2,16,17,18). The lowest BCUT2D eigenvalue weighted by Crippen LogP contribution is -2.23. The molecule has 0 aliphatic heterocycles. The zero-order valence-electron chi connectivity index (χ0n) is 12.9. The number of hydrogen-bond acceptors (Lipinski definition) is 5. The molecule has 0 fully saturated rings. The summed E-state index contributed by atoms with van der Waals surface area (Å²) in [5.41, 5.74) is 0.295. The Kier molecular flexibility index (Phi) is 9.33. The highest BCUT2D eigenvalue weighted by molar-refractivity contribution is 7.46. The van der Waals surface area contributed by atoms with Crippen LogP contribution >= 0.6 is 7.82 Å². The Hall–Kier alpha value is -0.460. The van der Waals surface area contributed by atoms with Gasteiger partial charge >= 0.3 is 13.8 Å². The van der Waals surface area contributed by atoms with Crippen molar-refractivity contribution in [3.8, 4) is 0 Å². The molecule has 3 N–H and O–H groups in total. The van der Waals surface area contributed by atoms with Crippen molar-refractivity contribution < 1.29 is 33.5 Å². The number of phosphoric ester groups is 1. The van der Waals surface area contributed by atoms with Gasteiger partial charge in [0.2, 0.25) is 0 Å². The number of esters is 1. The van der Waals surface area contributed by atoms with Crippen molar-refractivity contribution in [2.24, 2.45) is 5.41 Å². The summed E-state index contributed by atoms with van der Waals surface area (Å²) in [6, 6.07) is 0. The number of rotatable bonds is 10. The van der Waals surface area contributed by atoms with Gasteiger partial charge in [-0.05, 0) is 18.3 Å². The van der Waals surface area contributed by atoms with Crippen LogP contribution in [0.2, 0.25) is 0 Å². The molecule has 0 heterocycles. The predicted molar refractivity (Wildman–Crippen MR) is 77.5 cm³/mol. The SMILES string of the molecule is CC(C)(C)CCCCCC(=O)OCC(O)COP(=O)(O)O. The van der Waals surface area contributed by atoms with Gasteiger partial charge in [0.25, 0.3) is 0 Å². The minimum Gasteiger partial charge on any atom is -0.463 e. The molecule has 0 amide bonds. The maximum Gasteiger partial charge on any atom is 0.469 e. The molecule has 126 valence electrons. The van der Waals surface area contributed by atoms with E-state index in [1.165, 1.54) is 0 Å². The Balaban J connectivity index is 3.60. The molecule has 0 spiro atoms. The second kappa shape index (κ2) is 9.54. The van der Waals surface area contributed by atoms with Crippen LogP contribution < -0.4 is 0 Å². The first-order valence-corrected chi connectivity index (χ1v) is 8.56. The number of aliphatic hydroxyl groups is 1. The molecule has 7 nitrogen and oxygen atoms in total. The third kappa shape index (κ3) is 15.7. The maximum absolute atomic E-state index is 11.4. The highest BCUT2D eigenvalue weighted by Gasteiger charge is 2.17. The first-order valence-electron chi connectivity index (χ1n) is 7.03. The predicted octanol–water partition coefficient (Wildman–Crippen LogP) is 2.00. The van der Waals surface area contributed by atoms with Crippen LogP contribution in [0.5, 0.6) is 0 Å². The van der Waals surface area contributed by atoms with Gasteiger partial charge in [-0.2, -0.15) is 0 Å². The van der Waals surface area contributed by atoms with Crippen LogP contribution in [-0.2, 0) is 18.6 Å². The molecule has 0 aromatic carbocycles. The van der Waals surface area contributed by atoms with Gasteiger partial charge in [0.15, 0.2) is 0 Å². The van der Waals surface area contributed by atoms with Crippen molar-refractivity contribution in [3.05, 3.63) is 0 Å². The second-order valence-corrected chi connectivity index (χ2v) is 7.48. The molecule has 0 aromatic heterocycles. The monoisotopic (exact) mass is 326 g/mol. The Morgan fingerprint density at radius 1 is 1.14 bits per heavy atom. The summed E-state index contributed by atoms with van der Waals surface area (Å²) < 4.78 is 19.3. The number of hydrogen-bond donors (Lipinski definition) is 3. The largest absolute Gasteiger partial charge is 0.469 e. The van der Waals surface area contributed by atoms with E-state index < -0.39 is 26.5 Å². The van der Waals surface area contributed by atoms with E-state index in [0.717, 1.165) is 25.7 Å². The van der Waals surface area contributed by atoms with E-state index in [2.05, 4.69) is 25.3 Å². The highest BCUT2D eigenvalue weighted by Crippen LogP contribution is 2.35. The molecule has 0 saturated carbocycles. The van der Waals surface area contributed by atoms with Gasteiger partial charge in [-0.3, -0.25) is 9.32 Å². The Morgan fingerprint density at radius 2 is 1.76 bits per heavy atom. The van der Waals surface area contributed by atoms with Crippen LogP contribution in [0, 0.1) is 5.41 Å². The van der Waals surface area contributed by atoms with E-state index in [0.29, 0.717) is 5.41 Å². The molecule has 1 atom stereocenters. The maximum atomic E-state index is 11.4. The molecule has 21 heavy (non-hydrogen) atoms. The van der Waals surface area contributed by atoms with Gasteiger partial charge in [-0.15, -0.1) is 0 Å². The van der Waals surface area contributed by atoms with E-state index in [9.17, 15) is 14.5 Å². The zero-order valence-corrected chi connectivity index (χ0v) is 13.8. The smallest absolute Gasteiger partial charge is 0.463 e. The average Bonchev–Trinajstić information content (AvgIpc) is 2.31. The van der Waals surface area contributed by atoms with Crippen molar-refractivity contribution in [1.82, 2.24) is 0 Å². The topological polar surface area (TPSA) is 113 Å². The zero-order chi connectivity index (χ0) is 16.5. The lowest BCUT2D eigenvalue weighted by molar-refractivity contribution is -0.147. The average molecular weight is 326 g/mol. The fourth-order valence-electron chi connectivity index (χ4n) is 1.59. The summed E-state index contributed by atoms with van der Waals surface area (Å²) in [5, 5.41) is 9.32. The molecule has 1 unspecified atom stereocenters. The quantitative estimate of drug-likeness (QED) is 0.319. The third-order valence-corrected chi connectivity index (χ3v) is 3.16. The molecule has 0 aromatic rings. The van der Waals surface area contributed by atoms with E-state index in [1.807, 2.05) is 0 Å². The fourth-order valence-corrected chi connectivity index (χ4v) is 1.96. The van der Waals surface area contributed by atoms with Gasteiger partial charge in [0, 0.05) is 6.42 Å². The van der Waals surface area contributed by atoms with Crippen molar-refractivity contribution in [3.63, 3.8) is 0 Å². The van der Waals surface area contributed by atoms with E-state index in [4.69, 9.17) is 14.5 Å². The molecule has 0 aliphatic rings. The number of unbranched alkanes of at least 4 members (excludes halogenated alkanes) is 2. The Labute approximate surface area is 125 Å². The van der Waals surface area contributed by atoms with Crippen molar-refractivity contribution in [2.75, 3.05) is 13.2 Å². The van der Waals surface area contributed by atoms with Crippen LogP contribution in [0.4, 0.5) is 0 Å². The van der Waals surface area contributed by atoms with Crippen LogP contribution in [0.1, 0.15) is 52.9 Å². The number of carbonyl (C=O) groups is 1. The Bertz CT molecular complexity index is 345. The van der Waals surface area contributed by atoms with Gasteiger partial charge < -0.3 is 19.6 Å². The number of phosphoric acid groups is 1. The van der Waals surface area contributed by atoms with E-state index in [-0.39, 0.29) is 13.0 Å². The summed E-state index contributed by atoms with van der Waals surface area (Å²) in [6.07, 6.45) is 2.84. The van der Waals surface area contributed by atoms with Crippen LogP contribution in [0.3, 0.4) is 0 Å². The summed E-state index contributed by atoms with van der Waals surface area (Å²) in [5.74, 6) is -0.430. The van der Waals surface area contributed by atoms with Gasteiger partial charge in [-0.1, -0.05) is 33.6 Å². The third-order valence-electron chi connectivity index (χ3n) is 2.68. The lowest BCUT2D eigenvalue weighted by atomic mass is 9.89. The molecular formula is C13H27O7P. The van der Waals surface area contributed by atoms with E-state index >= 15 is 0 Å². The number of carbonyl (C=O) groups excluding carboxylic acids is 1. The normalized spacial score (nSPS) is 14.0. The van der Waals surface area contributed by atoms with Gasteiger partial charge in [-0.25, -0.2) is 4.57 Å². The summed E-state index contributed by atoms with van der Waals surface area (Å²) in [7, 11) is -4.61. The van der Waals surface area contributed by atoms with Crippen LogP contribution in [0.15, 0.2) is 0 Å². The first-order chi connectivity index (χ1) is 9.49. The fraction of sp³-hybridized carbons (Fsp3) is 0.923. The molecule has 8 heteroatoms. The van der Waals surface area contributed by atoms with Gasteiger partial charge in [0.1, 0.15) is 12.7 Å². The lowest BCUT2D eigenvalue weighted by Gasteiger charge is -2.17. The number of ether oxygens (including phenoxy) is 1. The first kappa shape index (κ1) is 20.5. The van der Waals surface area contributed by atoms with Crippen LogP contribution in [0.25, 0.3) is 0 Å².